The highest BCUT2D eigenvalue weighted by Gasteiger charge is 2.22. The number of aromatic nitrogens is 2. The molecule has 1 unspecified atom stereocenters. The van der Waals surface area contributed by atoms with Gasteiger partial charge in [0.15, 0.2) is 5.84 Å². The third kappa shape index (κ3) is 7.69. The largest absolute Gasteiger partial charge is 0.344 e. The number of hydrogen-bond acceptors (Lipinski definition) is 4. The van der Waals surface area contributed by atoms with Gasteiger partial charge in [0.25, 0.3) is 0 Å². The van der Waals surface area contributed by atoms with Gasteiger partial charge in [-0.15, -0.1) is 0 Å². The van der Waals surface area contributed by atoms with Crippen LogP contribution in [0.4, 0.5) is 0 Å². The van der Waals surface area contributed by atoms with Gasteiger partial charge in [-0.1, -0.05) is 212 Å². The molecule has 0 saturated carbocycles. The monoisotopic (exact) mass is 857 g/mol. The van der Waals surface area contributed by atoms with Gasteiger partial charge in [0.1, 0.15) is 17.8 Å². The first-order valence-electron chi connectivity index (χ1n) is 22.7. The molecule has 0 radical (unpaired) electrons. The van der Waals surface area contributed by atoms with E-state index in [9.17, 15) is 0 Å². The number of aliphatic imine (C=N–C) groups is 2. The van der Waals surface area contributed by atoms with Crippen molar-refractivity contribution in [3.63, 3.8) is 0 Å². The Morgan fingerprint density at radius 1 is 0.373 bits per heavy atom. The van der Waals surface area contributed by atoms with Crippen LogP contribution in [0.15, 0.2) is 259 Å². The van der Waals surface area contributed by atoms with E-state index in [1.54, 1.807) is 0 Å². The Balaban J connectivity index is 0.891. The summed E-state index contributed by atoms with van der Waals surface area (Å²) >= 11 is 0. The summed E-state index contributed by atoms with van der Waals surface area (Å²) in [6.07, 6.45) is -0.313. The second-order valence-corrected chi connectivity index (χ2v) is 16.9. The summed E-state index contributed by atoms with van der Waals surface area (Å²) in [5, 5.41) is 6.01. The number of rotatable bonds is 9. The zero-order valence-electron chi connectivity index (χ0n) is 36.5. The molecule has 10 aromatic carbocycles. The summed E-state index contributed by atoms with van der Waals surface area (Å²) < 4.78 is 2.27. The third-order valence-electron chi connectivity index (χ3n) is 12.7. The maximum Gasteiger partial charge on any atom is 0.159 e. The Hall–Kier alpha value is -8.93. The number of fused-ring (bicyclic) bond motifs is 2. The summed E-state index contributed by atoms with van der Waals surface area (Å²) in [4.78, 5) is 15.5. The van der Waals surface area contributed by atoms with Crippen molar-refractivity contribution >= 4 is 33.5 Å². The average molecular weight is 858 g/mol. The predicted octanol–water partition coefficient (Wildman–Crippen LogP) is 15.0. The van der Waals surface area contributed by atoms with Crippen molar-refractivity contribution in [2.75, 3.05) is 0 Å². The lowest BCUT2D eigenvalue weighted by molar-refractivity contribution is 0.674. The second-order valence-electron chi connectivity index (χ2n) is 16.9. The van der Waals surface area contributed by atoms with Crippen molar-refractivity contribution in [3.05, 3.63) is 265 Å². The second kappa shape index (κ2) is 17.2. The Kier molecular flexibility index (Phi) is 10.2. The minimum atomic E-state index is -0.313. The first-order valence-corrected chi connectivity index (χ1v) is 22.7. The third-order valence-corrected chi connectivity index (χ3v) is 12.7. The van der Waals surface area contributed by atoms with Crippen LogP contribution < -0.4 is 5.32 Å². The Labute approximate surface area is 389 Å². The molecule has 0 spiro atoms. The molecule has 5 nitrogen and oxygen atoms in total. The van der Waals surface area contributed by atoms with Crippen LogP contribution in [0.2, 0.25) is 0 Å². The van der Waals surface area contributed by atoms with Crippen LogP contribution in [0.5, 0.6) is 0 Å². The number of hydrogen-bond donors (Lipinski definition) is 1. The van der Waals surface area contributed by atoms with Crippen molar-refractivity contribution in [2.45, 2.75) is 6.17 Å². The fraction of sp³-hybridized carbons (Fsp3) is 0.0161. The maximum atomic E-state index is 5.25. The van der Waals surface area contributed by atoms with Crippen molar-refractivity contribution in [1.29, 1.82) is 0 Å². The molecule has 11 aromatic rings. The molecular formula is C62H43N5. The van der Waals surface area contributed by atoms with E-state index in [0.29, 0.717) is 5.84 Å². The number of benzene rings is 10. The van der Waals surface area contributed by atoms with Crippen LogP contribution in [0, 0.1) is 0 Å². The lowest BCUT2D eigenvalue weighted by atomic mass is 9.91. The molecular weight excluding hydrogens is 815 g/mol. The van der Waals surface area contributed by atoms with Gasteiger partial charge in [-0.05, 0) is 97.2 Å². The van der Waals surface area contributed by atoms with Gasteiger partial charge in [-0.3, -0.25) is 4.57 Å². The van der Waals surface area contributed by atoms with E-state index in [-0.39, 0.29) is 6.17 Å². The molecule has 1 atom stereocenters. The van der Waals surface area contributed by atoms with Crippen LogP contribution in [-0.4, -0.2) is 21.2 Å². The lowest BCUT2D eigenvalue weighted by Crippen LogP contribution is -2.33. The number of amidine groups is 2. The van der Waals surface area contributed by atoms with Gasteiger partial charge in [-0.2, -0.15) is 0 Å². The molecule has 1 aliphatic rings. The fourth-order valence-electron chi connectivity index (χ4n) is 9.38. The Morgan fingerprint density at radius 3 is 1.57 bits per heavy atom. The summed E-state index contributed by atoms with van der Waals surface area (Å²) in [6.45, 7) is 0. The summed E-state index contributed by atoms with van der Waals surface area (Å²) in [5.41, 5.74) is 16.5. The fourth-order valence-corrected chi connectivity index (χ4v) is 9.38. The van der Waals surface area contributed by atoms with Gasteiger partial charge in [0.2, 0.25) is 0 Å². The molecule has 0 amide bonds. The molecule has 2 heterocycles. The lowest BCUT2D eigenvalue weighted by Gasteiger charge is -2.24. The quantitative estimate of drug-likeness (QED) is 0.157. The van der Waals surface area contributed by atoms with Crippen LogP contribution in [0.25, 0.3) is 83.4 Å². The maximum absolute atomic E-state index is 5.25. The smallest absolute Gasteiger partial charge is 0.159 e. The van der Waals surface area contributed by atoms with Crippen LogP contribution in [0.1, 0.15) is 22.9 Å². The van der Waals surface area contributed by atoms with Crippen LogP contribution in [0.3, 0.4) is 0 Å². The van der Waals surface area contributed by atoms with Gasteiger partial charge >= 0.3 is 0 Å². The number of para-hydroxylation sites is 2. The van der Waals surface area contributed by atoms with Crippen LogP contribution in [-0.2, 0) is 0 Å². The highest BCUT2D eigenvalue weighted by atomic mass is 15.2. The highest BCUT2D eigenvalue weighted by molar-refractivity contribution is 6.14. The minimum absolute atomic E-state index is 0.313. The Bertz CT molecular complexity index is 3650. The molecule has 0 aliphatic carbocycles. The Morgan fingerprint density at radius 2 is 0.881 bits per heavy atom. The molecule has 0 bridgehead atoms. The normalized spacial score (nSPS) is 13.5. The molecule has 0 fully saturated rings. The summed E-state index contributed by atoms with van der Waals surface area (Å²) in [5.74, 6) is 2.41. The van der Waals surface area contributed by atoms with E-state index in [1.807, 2.05) is 36.4 Å². The SMILES string of the molecule is c1ccc(C2=NC(c3cccc(-c4cccc5c(-c6cccc(-c7cccc(-n8c(-c9ccccc9)nc9ccccc98)c7)c6)cccc45)c3)=NC(c3ccc(-c4ccccc4)cc3)N2)cc1. The predicted molar refractivity (Wildman–Crippen MR) is 278 cm³/mol. The summed E-state index contributed by atoms with van der Waals surface area (Å²) in [6, 6.07) is 87.8. The first-order chi connectivity index (χ1) is 33.2. The minimum Gasteiger partial charge on any atom is -0.344 e. The molecule has 316 valence electrons. The van der Waals surface area contributed by atoms with E-state index in [1.165, 1.54) is 27.5 Å². The highest BCUT2D eigenvalue weighted by Crippen LogP contribution is 2.38. The van der Waals surface area contributed by atoms with Gasteiger partial charge < -0.3 is 5.32 Å². The molecule has 1 N–H and O–H groups in total. The standard InChI is InChI=1S/C62H43N5/c1-4-17-42(18-5-1)43-35-37-45(38-36-43)60-64-59(44-19-6-2-7-20-44)65-61(66-60)51-27-13-26-50(40-51)54-30-16-31-55-53(29-15-32-56(54)55)49-25-12-23-47(39-49)48-24-14-28-52(41-48)67-58-34-11-10-33-57(58)63-62(67)46-21-8-3-9-22-46/h1-41,60H,(H,64,65,66). The number of nitrogens with zero attached hydrogens (tertiary/aromatic N) is 4. The molecule has 12 rings (SSSR count). The zero-order valence-corrected chi connectivity index (χ0v) is 36.5. The first kappa shape index (κ1) is 39.6. The molecule has 0 saturated heterocycles. The topological polar surface area (TPSA) is 54.6 Å². The molecule has 5 heteroatoms. The zero-order chi connectivity index (χ0) is 44.5. The van der Waals surface area contributed by atoms with Crippen molar-refractivity contribution in [3.8, 4) is 61.6 Å². The molecule has 67 heavy (non-hydrogen) atoms. The van der Waals surface area contributed by atoms with Crippen LogP contribution >= 0.6 is 0 Å². The van der Waals surface area contributed by atoms with Gasteiger partial charge in [0, 0.05) is 22.4 Å². The molecule has 1 aliphatic heterocycles. The number of imidazole rings is 1. The van der Waals surface area contributed by atoms with E-state index in [0.717, 1.165) is 78.5 Å². The van der Waals surface area contributed by atoms with Gasteiger partial charge in [0.05, 0.1) is 11.0 Å². The van der Waals surface area contributed by atoms with Crippen molar-refractivity contribution in [1.82, 2.24) is 14.9 Å². The average Bonchev–Trinajstić information content (AvgIpc) is 3.81. The number of nitrogens with one attached hydrogen (secondary N) is 1. The van der Waals surface area contributed by atoms with E-state index >= 15 is 0 Å². The van der Waals surface area contributed by atoms with E-state index in [2.05, 4.69) is 222 Å². The van der Waals surface area contributed by atoms with E-state index < -0.39 is 0 Å². The summed E-state index contributed by atoms with van der Waals surface area (Å²) in [7, 11) is 0. The van der Waals surface area contributed by atoms with Crippen molar-refractivity contribution in [2.24, 2.45) is 9.98 Å². The van der Waals surface area contributed by atoms with Gasteiger partial charge in [-0.25, -0.2) is 15.0 Å². The molecule has 1 aromatic heterocycles. The van der Waals surface area contributed by atoms with E-state index in [4.69, 9.17) is 15.0 Å². The van der Waals surface area contributed by atoms with Crippen molar-refractivity contribution < 1.29 is 0 Å².